The lowest BCUT2D eigenvalue weighted by atomic mass is 10.2. The third-order valence-electron chi connectivity index (χ3n) is 3.69. The molecule has 28 heavy (non-hydrogen) atoms. The van der Waals surface area contributed by atoms with Crippen molar-refractivity contribution in [3.63, 3.8) is 0 Å². The summed E-state index contributed by atoms with van der Waals surface area (Å²) >= 11 is 2.95. The first-order valence-electron chi connectivity index (χ1n) is 8.27. The first kappa shape index (κ1) is 18.5. The smallest absolute Gasteiger partial charge is 0.226 e. The Morgan fingerprint density at radius 2 is 2.07 bits per heavy atom. The average Bonchev–Trinajstić information content (AvgIpc) is 3.36. The van der Waals surface area contributed by atoms with Crippen LogP contribution < -0.4 is 10.1 Å². The maximum atomic E-state index is 13.3. The summed E-state index contributed by atoms with van der Waals surface area (Å²) in [7, 11) is 1.63. The number of nitrogens with one attached hydrogen (secondary N) is 1. The van der Waals surface area contributed by atoms with E-state index in [4.69, 9.17) is 9.15 Å². The van der Waals surface area contributed by atoms with Gasteiger partial charge in [-0.2, -0.15) is 0 Å². The SMILES string of the molecule is COc1cccc(Nc2nnc(SCc3coc(-c4cccc(F)c4)n3)s2)c1. The number of hydrogen-bond acceptors (Lipinski definition) is 8. The minimum atomic E-state index is -0.323. The number of hydrogen-bond donors (Lipinski definition) is 1. The minimum absolute atomic E-state index is 0.323. The third-order valence-corrected chi connectivity index (χ3v) is 5.70. The molecule has 0 bridgehead atoms. The number of aromatic nitrogens is 3. The van der Waals surface area contributed by atoms with Gasteiger partial charge in [0.25, 0.3) is 0 Å². The Morgan fingerprint density at radius 1 is 1.18 bits per heavy atom. The number of anilines is 2. The number of halogens is 1. The van der Waals surface area contributed by atoms with Gasteiger partial charge in [0.15, 0.2) is 4.34 Å². The average molecular weight is 414 g/mol. The first-order chi connectivity index (χ1) is 13.7. The van der Waals surface area contributed by atoms with Crippen LogP contribution in [-0.4, -0.2) is 22.3 Å². The van der Waals surface area contributed by atoms with E-state index in [-0.39, 0.29) is 5.82 Å². The Labute approximate surface area is 168 Å². The Balaban J connectivity index is 1.37. The van der Waals surface area contributed by atoms with Crippen molar-refractivity contribution in [1.29, 1.82) is 0 Å². The van der Waals surface area contributed by atoms with E-state index in [2.05, 4.69) is 20.5 Å². The molecule has 4 rings (SSSR count). The molecular weight excluding hydrogens is 399 g/mol. The van der Waals surface area contributed by atoms with Gasteiger partial charge in [0.2, 0.25) is 11.0 Å². The molecule has 2 aromatic heterocycles. The second kappa shape index (κ2) is 8.41. The Morgan fingerprint density at radius 3 is 2.93 bits per heavy atom. The monoisotopic (exact) mass is 414 g/mol. The largest absolute Gasteiger partial charge is 0.497 e. The minimum Gasteiger partial charge on any atom is -0.497 e. The lowest BCUT2D eigenvalue weighted by molar-refractivity contribution is 0.415. The molecule has 4 aromatic rings. The molecule has 0 amide bonds. The van der Waals surface area contributed by atoms with Crippen molar-refractivity contribution in [2.75, 3.05) is 12.4 Å². The van der Waals surface area contributed by atoms with Crippen LogP contribution >= 0.6 is 23.1 Å². The van der Waals surface area contributed by atoms with E-state index in [1.54, 1.807) is 25.5 Å². The van der Waals surface area contributed by atoms with Gasteiger partial charge in [-0.05, 0) is 30.3 Å². The zero-order valence-electron chi connectivity index (χ0n) is 14.8. The van der Waals surface area contributed by atoms with Crippen LogP contribution in [0.1, 0.15) is 5.69 Å². The van der Waals surface area contributed by atoms with E-state index in [0.29, 0.717) is 22.3 Å². The summed E-state index contributed by atoms with van der Waals surface area (Å²) in [6.07, 6.45) is 1.57. The van der Waals surface area contributed by atoms with E-state index < -0.39 is 0 Å². The summed E-state index contributed by atoms with van der Waals surface area (Å²) in [5.41, 5.74) is 2.24. The van der Waals surface area contributed by atoms with Gasteiger partial charge in [-0.25, -0.2) is 9.37 Å². The molecule has 0 saturated heterocycles. The van der Waals surface area contributed by atoms with Crippen molar-refractivity contribution < 1.29 is 13.5 Å². The summed E-state index contributed by atoms with van der Waals surface area (Å²) in [6, 6.07) is 13.8. The molecular formula is C19H15FN4O2S2. The Kier molecular flexibility index (Phi) is 5.54. The van der Waals surface area contributed by atoms with Crippen molar-refractivity contribution in [2.24, 2.45) is 0 Å². The summed E-state index contributed by atoms with van der Waals surface area (Å²) in [4.78, 5) is 4.40. The summed E-state index contributed by atoms with van der Waals surface area (Å²) in [5.74, 6) is 1.42. The van der Waals surface area contributed by atoms with Gasteiger partial charge in [0, 0.05) is 23.1 Å². The molecule has 0 fully saturated rings. The van der Waals surface area contributed by atoms with Gasteiger partial charge >= 0.3 is 0 Å². The quantitative estimate of drug-likeness (QED) is 0.407. The number of oxazole rings is 1. The zero-order chi connectivity index (χ0) is 19.3. The molecule has 6 nitrogen and oxygen atoms in total. The topological polar surface area (TPSA) is 73.1 Å². The van der Waals surface area contributed by atoms with Gasteiger partial charge < -0.3 is 14.5 Å². The fourth-order valence-electron chi connectivity index (χ4n) is 2.41. The number of benzene rings is 2. The van der Waals surface area contributed by atoms with Crippen LogP contribution in [0, 0.1) is 5.82 Å². The molecule has 0 radical (unpaired) electrons. The highest BCUT2D eigenvalue weighted by Crippen LogP contribution is 2.31. The van der Waals surface area contributed by atoms with Crippen molar-refractivity contribution >= 4 is 33.9 Å². The number of methoxy groups -OCH3 is 1. The predicted molar refractivity (Wildman–Crippen MR) is 108 cm³/mol. The van der Waals surface area contributed by atoms with Crippen molar-refractivity contribution in [3.05, 3.63) is 66.3 Å². The number of nitrogens with zero attached hydrogens (tertiary/aromatic N) is 3. The van der Waals surface area contributed by atoms with Gasteiger partial charge in [0.05, 0.1) is 12.8 Å². The Hall–Kier alpha value is -2.91. The van der Waals surface area contributed by atoms with Crippen molar-refractivity contribution in [2.45, 2.75) is 10.1 Å². The molecule has 9 heteroatoms. The summed E-state index contributed by atoms with van der Waals surface area (Å²) in [5, 5.41) is 12.2. The van der Waals surface area contributed by atoms with Crippen LogP contribution in [0.2, 0.25) is 0 Å². The molecule has 1 N–H and O–H groups in total. The van der Waals surface area contributed by atoms with Crippen LogP contribution in [0.15, 0.2) is 63.6 Å². The second-order valence-electron chi connectivity index (χ2n) is 5.67. The lowest BCUT2D eigenvalue weighted by Gasteiger charge is -2.04. The molecule has 0 spiro atoms. The molecule has 2 heterocycles. The molecule has 0 aliphatic rings. The number of thioether (sulfide) groups is 1. The maximum Gasteiger partial charge on any atom is 0.226 e. The van der Waals surface area contributed by atoms with Crippen LogP contribution in [-0.2, 0) is 5.75 Å². The molecule has 142 valence electrons. The first-order valence-corrected chi connectivity index (χ1v) is 10.1. The van der Waals surface area contributed by atoms with Crippen LogP contribution in [0.25, 0.3) is 11.5 Å². The van der Waals surface area contributed by atoms with Crippen LogP contribution in [0.3, 0.4) is 0 Å². The number of rotatable bonds is 7. The van der Waals surface area contributed by atoms with E-state index in [1.165, 1.54) is 35.2 Å². The van der Waals surface area contributed by atoms with E-state index in [0.717, 1.165) is 21.5 Å². The second-order valence-corrected chi connectivity index (χ2v) is 7.87. The van der Waals surface area contributed by atoms with Crippen molar-refractivity contribution in [3.8, 4) is 17.2 Å². The number of ether oxygens (including phenoxy) is 1. The van der Waals surface area contributed by atoms with E-state index in [1.807, 2.05) is 24.3 Å². The van der Waals surface area contributed by atoms with Crippen LogP contribution in [0.4, 0.5) is 15.2 Å². The van der Waals surface area contributed by atoms with Gasteiger partial charge in [0.1, 0.15) is 17.8 Å². The third kappa shape index (κ3) is 4.49. The maximum absolute atomic E-state index is 13.3. The molecule has 0 unspecified atom stereocenters. The highest BCUT2D eigenvalue weighted by Gasteiger charge is 2.10. The molecule has 0 saturated carbocycles. The molecule has 0 atom stereocenters. The standard InChI is InChI=1S/C19H15FN4O2S2/c1-25-16-7-3-6-14(9-16)22-18-23-24-19(28-18)27-11-15-10-26-17(21-15)12-4-2-5-13(20)8-12/h2-10H,11H2,1H3,(H,22,23). The van der Waals surface area contributed by atoms with Crippen LogP contribution in [0.5, 0.6) is 5.75 Å². The fraction of sp³-hybridized carbons (Fsp3) is 0.105. The lowest BCUT2D eigenvalue weighted by Crippen LogP contribution is -1.90. The van der Waals surface area contributed by atoms with Gasteiger partial charge in [-0.3, -0.25) is 0 Å². The fourth-order valence-corrected chi connectivity index (χ4v) is 4.06. The Bertz CT molecular complexity index is 1080. The highest BCUT2D eigenvalue weighted by molar-refractivity contribution is 8.00. The summed E-state index contributed by atoms with van der Waals surface area (Å²) < 4.78 is 24.8. The summed E-state index contributed by atoms with van der Waals surface area (Å²) in [6.45, 7) is 0. The van der Waals surface area contributed by atoms with Crippen molar-refractivity contribution in [1.82, 2.24) is 15.2 Å². The predicted octanol–water partition coefficient (Wildman–Crippen LogP) is 5.38. The zero-order valence-corrected chi connectivity index (χ0v) is 16.4. The van der Waals surface area contributed by atoms with E-state index >= 15 is 0 Å². The van der Waals surface area contributed by atoms with Gasteiger partial charge in [-0.1, -0.05) is 35.2 Å². The highest BCUT2D eigenvalue weighted by atomic mass is 32.2. The normalized spacial score (nSPS) is 10.8. The molecule has 2 aromatic carbocycles. The van der Waals surface area contributed by atoms with E-state index in [9.17, 15) is 4.39 Å². The van der Waals surface area contributed by atoms with Gasteiger partial charge in [-0.15, -0.1) is 10.2 Å². The molecule has 0 aliphatic heterocycles. The molecule has 0 aliphatic carbocycles.